The molecule has 0 aliphatic carbocycles. The summed E-state index contributed by atoms with van der Waals surface area (Å²) in [5.74, 6) is -4.65. The lowest BCUT2D eigenvalue weighted by atomic mass is 10.2. The van der Waals surface area contributed by atoms with E-state index in [0.29, 0.717) is 6.07 Å². The smallest absolute Gasteiger partial charge is 0.339 e. The van der Waals surface area contributed by atoms with Crippen molar-refractivity contribution in [3.63, 3.8) is 0 Å². The number of hydrogen-bond donors (Lipinski definition) is 1. The van der Waals surface area contributed by atoms with Crippen LogP contribution in [0.15, 0.2) is 41.3 Å². The SMILES string of the molecule is COC(=O)c1ccc(F)cc1S(=O)(=O)Nc1cccc(F)c1F. The molecule has 1 N–H and O–H groups in total. The maximum absolute atomic E-state index is 13.6. The molecule has 0 amide bonds. The first kappa shape index (κ1) is 16.8. The Morgan fingerprint density at radius 3 is 2.48 bits per heavy atom. The lowest BCUT2D eigenvalue weighted by molar-refractivity contribution is 0.0596. The molecule has 0 saturated carbocycles. The highest BCUT2D eigenvalue weighted by molar-refractivity contribution is 7.92. The highest BCUT2D eigenvalue weighted by Gasteiger charge is 2.25. The second kappa shape index (κ2) is 6.29. The molecule has 0 bridgehead atoms. The molecule has 2 rings (SSSR count). The minimum atomic E-state index is -4.56. The van der Waals surface area contributed by atoms with Crippen LogP contribution in [0.3, 0.4) is 0 Å². The maximum Gasteiger partial charge on any atom is 0.339 e. The van der Waals surface area contributed by atoms with E-state index in [1.807, 2.05) is 0 Å². The van der Waals surface area contributed by atoms with E-state index >= 15 is 0 Å². The largest absolute Gasteiger partial charge is 0.465 e. The fraction of sp³-hybridized carbons (Fsp3) is 0.0714. The number of carbonyl (C=O) groups excluding carboxylic acids is 1. The Kier molecular flexibility index (Phi) is 4.60. The van der Waals surface area contributed by atoms with Gasteiger partial charge >= 0.3 is 5.97 Å². The number of esters is 1. The van der Waals surface area contributed by atoms with E-state index in [2.05, 4.69) is 4.74 Å². The minimum Gasteiger partial charge on any atom is -0.465 e. The minimum absolute atomic E-state index is 0.446. The normalized spacial score (nSPS) is 11.1. The molecule has 0 spiro atoms. The molecule has 0 atom stereocenters. The van der Waals surface area contributed by atoms with Crippen molar-refractivity contribution < 1.29 is 31.1 Å². The third-order valence-electron chi connectivity index (χ3n) is 2.83. The summed E-state index contributed by atoms with van der Waals surface area (Å²) in [6, 6.07) is 5.23. The zero-order valence-corrected chi connectivity index (χ0v) is 12.5. The Morgan fingerprint density at radius 1 is 1.13 bits per heavy atom. The Labute approximate surface area is 129 Å². The van der Waals surface area contributed by atoms with Gasteiger partial charge in [-0.3, -0.25) is 4.72 Å². The van der Waals surface area contributed by atoms with Crippen molar-refractivity contribution in [2.24, 2.45) is 0 Å². The number of nitrogens with one attached hydrogen (secondary N) is 1. The van der Waals surface area contributed by atoms with Gasteiger partial charge in [-0.05, 0) is 30.3 Å². The van der Waals surface area contributed by atoms with Crippen LogP contribution in [0.25, 0.3) is 0 Å². The van der Waals surface area contributed by atoms with Gasteiger partial charge < -0.3 is 4.74 Å². The van der Waals surface area contributed by atoms with Gasteiger partial charge in [-0.25, -0.2) is 26.4 Å². The molecule has 0 saturated heterocycles. The first-order valence-corrected chi connectivity index (χ1v) is 7.59. The Bertz CT molecular complexity index is 868. The number of hydrogen-bond acceptors (Lipinski definition) is 4. The second-order valence-corrected chi connectivity index (χ2v) is 5.99. The Balaban J connectivity index is 2.54. The standard InChI is InChI=1S/C14H10F3NO4S/c1-22-14(19)9-6-5-8(15)7-12(9)23(20,21)18-11-4-2-3-10(16)13(11)17/h2-7,18H,1H3. The van der Waals surface area contributed by atoms with Gasteiger partial charge in [-0.1, -0.05) is 6.07 Å². The summed E-state index contributed by atoms with van der Waals surface area (Å²) in [6.07, 6.45) is 0. The second-order valence-electron chi connectivity index (χ2n) is 4.34. The number of halogens is 3. The number of methoxy groups -OCH3 is 1. The Hall–Kier alpha value is -2.55. The van der Waals surface area contributed by atoms with E-state index < -0.39 is 49.6 Å². The van der Waals surface area contributed by atoms with Crippen LogP contribution in [0.4, 0.5) is 18.9 Å². The summed E-state index contributed by atoms with van der Waals surface area (Å²) < 4.78 is 70.8. The molecule has 0 unspecified atom stereocenters. The molecule has 9 heteroatoms. The van der Waals surface area contributed by atoms with Crippen LogP contribution in [-0.4, -0.2) is 21.5 Å². The summed E-state index contributed by atoms with van der Waals surface area (Å²) in [5.41, 5.74) is -1.12. The van der Waals surface area contributed by atoms with Crippen LogP contribution < -0.4 is 4.72 Å². The van der Waals surface area contributed by atoms with E-state index in [4.69, 9.17) is 0 Å². The predicted molar refractivity (Wildman–Crippen MR) is 74.9 cm³/mol. The third kappa shape index (κ3) is 3.45. The molecule has 0 heterocycles. The van der Waals surface area contributed by atoms with Gasteiger partial charge in [0.2, 0.25) is 0 Å². The van der Waals surface area contributed by atoms with E-state index in [0.717, 1.165) is 37.4 Å². The van der Waals surface area contributed by atoms with E-state index in [9.17, 15) is 26.4 Å². The third-order valence-corrected chi connectivity index (χ3v) is 4.24. The number of carbonyl (C=O) groups is 1. The average molecular weight is 345 g/mol. The first-order chi connectivity index (χ1) is 10.8. The molecule has 0 radical (unpaired) electrons. The predicted octanol–water partition coefficient (Wildman–Crippen LogP) is 2.69. The summed E-state index contributed by atoms with van der Waals surface area (Å²) in [5, 5.41) is 0. The fourth-order valence-corrected chi connectivity index (χ4v) is 3.05. The van der Waals surface area contributed by atoms with Gasteiger partial charge in [0, 0.05) is 0 Å². The molecule has 0 aliphatic heterocycles. The number of ether oxygens (including phenoxy) is 1. The van der Waals surface area contributed by atoms with E-state index in [-0.39, 0.29) is 0 Å². The molecule has 0 aliphatic rings. The summed E-state index contributed by atoms with van der Waals surface area (Å²) in [7, 11) is -3.54. The molecular formula is C14H10F3NO4S. The summed E-state index contributed by atoms with van der Waals surface area (Å²) in [4.78, 5) is 10.8. The van der Waals surface area contributed by atoms with Crippen LogP contribution in [-0.2, 0) is 14.8 Å². The molecule has 122 valence electrons. The number of sulfonamides is 1. The molecular weight excluding hydrogens is 335 g/mol. The lowest BCUT2D eigenvalue weighted by Crippen LogP contribution is -2.18. The van der Waals surface area contributed by atoms with E-state index in [1.165, 1.54) is 0 Å². The average Bonchev–Trinajstić information content (AvgIpc) is 2.51. The molecule has 5 nitrogen and oxygen atoms in total. The number of rotatable bonds is 4. The van der Waals surface area contributed by atoms with Crippen molar-refractivity contribution in [3.8, 4) is 0 Å². The van der Waals surface area contributed by atoms with Crippen molar-refractivity contribution in [1.82, 2.24) is 0 Å². The maximum atomic E-state index is 13.6. The summed E-state index contributed by atoms with van der Waals surface area (Å²) in [6.45, 7) is 0. The highest BCUT2D eigenvalue weighted by atomic mass is 32.2. The van der Waals surface area contributed by atoms with Crippen molar-refractivity contribution in [2.75, 3.05) is 11.8 Å². The van der Waals surface area contributed by atoms with E-state index in [1.54, 1.807) is 4.72 Å². The van der Waals surface area contributed by atoms with Gasteiger partial charge in [0.25, 0.3) is 10.0 Å². The highest BCUT2D eigenvalue weighted by Crippen LogP contribution is 2.24. The monoisotopic (exact) mass is 345 g/mol. The lowest BCUT2D eigenvalue weighted by Gasteiger charge is -2.12. The summed E-state index contributed by atoms with van der Waals surface area (Å²) >= 11 is 0. The van der Waals surface area contributed by atoms with Crippen molar-refractivity contribution >= 4 is 21.7 Å². The molecule has 23 heavy (non-hydrogen) atoms. The number of benzene rings is 2. The zero-order valence-electron chi connectivity index (χ0n) is 11.6. The van der Waals surface area contributed by atoms with Crippen LogP contribution >= 0.6 is 0 Å². The van der Waals surface area contributed by atoms with Crippen molar-refractivity contribution in [1.29, 1.82) is 0 Å². The quantitative estimate of drug-likeness (QED) is 0.865. The number of anilines is 1. The van der Waals surface area contributed by atoms with Gasteiger partial charge in [0.1, 0.15) is 10.7 Å². The molecule has 0 fully saturated rings. The van der Waals surface area contributed by atoms with Crippen LogP contribution in [0.5, 0.6) is 0 Å². The van der Waals surface area contributed by atoms with Gasteiger partial charge in [0.15, 0.2) is 11.6 Å². The van der Waals surface area contributed by atoms with Crippen LogP contribution in [0.2, 0.25) is 0 Å². The van der Waals surface area contributed by atoms with Crippen molar-refractivity contribution in [2.45, 2.75) is 4.90 Å². The van der Waals surface area contributed by atoms with Gasteiger partial charge in [-0.2, -0.15) is 0 Å². The van der Waals surface area contributed by atoms with Gasteiger partial charge in [0.05, 0.1) is 18.4 Å². The molecule has 2 aromatic rings. The Morgan fingerprint density at radius 2 is 1.83 bits per heavy atom. The first-order valence-electron chi connectivity index (χ1n) is 6.11. The molecule has 2 aromatic carbocycles. The molecule has 0 aromatic heterocycles. The fourth-order valence-electron chi connectivity index (χ4n) is 1.78. The van der Waals surface area contributed by atoms with Gasteiger partial charge in [-0.15, -0.1) is 0 Å². The van der Waals surface area contributed by atoms with Crippen LogP contribution in [0, 0.1) is 17.5 Å². The van der Waals surface area contributed by atoms with Crippen molar-refractivity contribution in [3.05, 3.63) is 59.4 Å². The topological polar surface area (TPSA) is 72.5 Å². The van der Waals surface area contributed by atoms with Crippen LogP contribution in [0.1, 0.15) is 10.4 Å². The zero-order chi connectivity index (χ0) is 17.2.